The first kappa shape index (κ1) is 13.8. The molecule has 0 spiro atoms. The van der Waals surface area contributed by atoms with Gasteiger partial charge in [0.05, 0.1) is 0 Å². The third-order valence-electron chi connectivity index (χ3n) is 6.54. The van der Waals surface area contributed by atoms with Crippen molar-refractivity contribution in [3.63, 3.8) is 0 Å². The number of pyridine rings is 1. The molecule has 5 atom stereocenters. The summed E-state index contributed by atoms with van der Waals surface area (Å²) in [5, 5.41) is 3.66. The summed E-state index contributed by atoms with van der Waals surface area (Å²) < 4.78 is 0. The van der Waals surface area contributed by atoms with E-state index in [1.54, 1.807) is 0 Å². The summed E-state index contributed by atoms with van der Waals surface area (Å²) in [5.41, 5.74) is 2.90. The van der Waals surface area contributed by atoms with Crippen molar-refractivity contribution in [2.75, 3.05) is 7.05 Å². The smallest absolute Gasteiger partial charge is 0.0481 e. The van der Waals surface area contributed by atoms with Crippen LogP contribution in [0.15, 0.2) is 18.3 Å². The van der Waals surface area contributed by atoms with Gasteiger partial charge in [0.2, 0.25) is 0 Å². The van der Waals surface area contributed by atoms with Crippen LogP contribution in [0.3, 0.4) is 0 Å². The van der Waals surface area contributed by atoms with E-state index in [0.717, 1.165) is 17.8 Å². The number of nitrogens with zero attached hydrogens (tertiary/aromatic N) is 1. The predicted molar refractivity (Wildman–Crippen MR) is 86.3 cm³/mol. The Morgan fingerprint density at radius 3 is 3.00 bits per heavy atom. The van der Waals surface area contributed by atoms with E-state index in [2.05, 4.69) is 24.5 Å². The average molecular weight is 284 g/mol. The van der Waals surface area contributed by atoms with Crippen LogP contribution < -0.4 is 5.32 Å². The highest BCUT2D eigenvalue weighted by atomic mass is 14.9. The Kier molecular flexibility index (Phi) is 3.74. The molecule has 2 heteroatoms. The van der Waals surface area contributed by atoms with Gasteiger partial charge in [-0.2, -0.15) is 0 Å². The molecule has 2 bridgehead atoms. The Balaban J connectivity index is 1.51. The number of rotatable bonds is 4. The molecule has 0 amide bonds. The lowest BCUT2D eigenvalue weighted by Crippen LogP contribution is -2.37. The zero-order valence-electron chi connectivity index (χ0n) is 13.2. The lowest BCUT2D eigenvalue weighted by molar-refractivity contribution is 0.257. The number of fused-ring (bicyclic) bond motifs is 3. The molecule has 1 aromatic rings. The van der Waals surface area contributed by atoms with Crippen LogP contribution in [0.25, 0.3) is 0 Å². The zero-order valence-corrected chi connectivity index (χ0v) is 13.2. The zero-order chi connectivity index (χ0) is 14.2. The highest BCUT2D eigenvalue weighted by Gasteiger charge is 2.41. The van der Waals surface area contributed by atoms with Gasteiger partial charge in [0, 0.05) is 23.9 Å². The van der Waals surface area contributed by atoms with Crippen molar-refractivity contribution >= 4 is 0 Å². The molecule has 1 aromatic heterocycles. The molecule has 2 saturated carbocycles. The monoisotopic (exact) mass is 284 g/mol. The molecule has 114 valence electrons. The van der Waals surface area contributed by atoms with Gasteiger partial charge in [-0.25, -0.2) is 0 Å². The van der Waals surface area contributed by atoms with Gasteiger partial charge >= 0.3 is 0 Å². The van der Waals surface area contributed by atoms with Gasteiger partial charge in [-0.3, -0.25) is 4.98 Å². The van der Waals surface area contributed by atoms with E-state index >= 15 is 0 Å². The van der Waals surface area contributed by atoms with Crippen molar-refractivity contribution in [3.8, 4) is 0 Å². The highest BCUT2D eigenvalue weighted by molar-refractivity contribution is 5.27. The third-order valence-corrected chi connectivity index (χ3v) is 6.54. The molecule has 3 aliphatic carbocycles. The van der Waals surface area contributed by atoms with Crippen molar-refractivity contribution in [2.45, 2.75) is 63.3 Å². The molecule has 5 unspecified atom stereocenters. The lowest BCUT2D eigenvalue weighted by Gasteiger charge is -2.34. The normalized spacial score (nSPS) is 35.7. The summed E-state index contributed by atoms with van der Waals surface area (Å²) in [7, 11) is 2.16. The molecule has 4 rings (SSSR count). The molecule has 0 aromatic carbocycles. The van der Waals surface area contributed by atoms with Crippen molar-refractivity contribution in [3.05, 3.63) is 29.6 Å². The fraction of sp³-hybridized carbons (Fsp3) is 0.737. The van der Waals surface area contributed by atoms with E-state index in [9.17, 15) is 0 Å². The SMILES string of the molecule is CNC(CC1CC2CCC1C2)C1CCCc2cccnc21. The molecule has 0 aliphatic heterocycles. The first-order valence-electron chi connectivity index (χ1n) is 8.96. The van der Waals surface area contributed by atoms with Crippen LogP contribution in [-0.2, 0) is 6.42 Å². The Morgan fingerprint density at radius 2 is 2.24 bits per heavy atom. The van der Waals surface area contributed by atoms with Crippen LogP contribution in [0, 0.1) is 17.8 Å². The third kappa shape index (κ3) is 2.52. The van der Waals surface area contributed by atoms with Gasteiger partial charge in [0.15, 0.2) is 0 Å². The van der Waals surface area contributed by atoms with Crippen molar-refractivity contribution in [2.24, 2.45) is 17.8 Å². The van der Waals surface area contributed by atoms with Crippen LogP contribution in [0.1, 0.15) is 62.1 Å². The minimum atomic E-state index is 0.628. The van der Waals surface area contributed by atoms with Gasteiger partial charge in [-0.1, -0.05) is 12.5 Å². The van der Waals surface area contributed by atoms with E-state index in [0.29, 0.717) is 12.0 Å². The molecule has 3 aliphatic rings. The maximum atomic E-state index is 4.75. The van der Waals surface area contributed by atoms with Crippen LogP contribution in [0.4, 0.5) is 0 Å². The fourth-order valence-corrected chi connectivity index (χ4v) is 5.51. The van der Waals surface area contributed by atoms with Crippen molar-refractivity contribution in [1.29, 1.82) is 0 Å². The number of nitrogens with one attached hydrogen (secondary N) is 1. The quantitative estimate of drug-likeness (QED) is 0.906. The maximum absolute atomic E-state index is 4.75. The van der Waals surface area contributed by atoms with Gasteiger partial charge in [-0.15, -0.1) is 0 Å². The number of aryl methyl sites for hydroxylation is 1. The second kappa shape index (κ2) is 5.72. The van der Waals surface area contributed by atoms with Crippen molar-refractivity contribution in [1.82, 2.24) is 10.3 Å². The first-order valence-corrected chi connectivity index (χ1v) is 8.96. The Morgan fingerprint density at radius 1 is 1.29 bits per heavy atom. The molecule has 1 N–H and O–H groups in total. The molecule has 2 fully saturated rings. The Labute approximate surface area is 128 Å². The van der Waals surface area contributed by atoms with Gasteiger partial charge in [0.1, 0.15) is 0 Å². The van der Waals surface area contributed by atoms with E-state index < -0.39 is 0 Å². The van der Waals surface area contributed by atoms with Gasteiger partial charge < -0.3 is 5.32 Å². The van der Waals surface area contributed by atoms with Gasteiger partial charge in [-0.05, 0) is 81.4 Å². The van der Waals surface area contributed by atoms with Crippen molar-refractivity contribution < 1.29 is 0 Å². The minimum Gasteiger partial charge on any atom is -0.316 e. The van der Waals surface area contributed by atoms with Crippen LogP contribution >= 0.6 is 0 Å². The van der Waals surface area contributed by atoms with E-state index in [4.69, 9.17) is 4.98 Å². The second-order valence-corrected chi connectivity index (χ2v) is 7.61. The van der Waals surface area contributed by atoms with Crippen LogP contribution in [-0.4, -0.2) is 18.1 Å². The van der Waals surface area contributed by atoms with Crippen LogP contribution in [0.5, 0.6) is 0 Å². The summed E-state index contributed by atoms with van der Waals surface area (Å²) in [6, 6.07) is 5.02. The topological polar surface area (TPSA) is 24.9 Å². The molecule has 21 heavy (non-hydrogen) atoms. The fourth-order valence-electron chi connectivity index (χ4n) is 5.51. The van der Waals surface area contributed by atoms with E-state index in [1.807, 2.05) is 6.20 Å². The van der Waals surface area contributed by atoms with Crippen LogP contribution in [0.2, 0.25) is 0 Å². The summed E-state index contributed by atoms with van der Waals surface area (Å²) in [4.78, 5) is 4.75. The van der Waals surface area contributed by atoms with Gasteiger partial charge in [0.25, 0.3) is 0 Å². The standard InChI is InChI=1S/C19H28N2/c1-20-18(12-16-11-13-7-8-15(16)10-13)17-6-2-4-14-5-3-9-21-19(14)17/h3,5,9,13,15-18,20H,2,4,6-8,10-12H2,1H3. The maximum Gasteiger partial charge on any atom is 0.0481 e. The summed E-state index contributed by atoms with van der Waals surface area (Å²) in [5.74, 6) is 3.72. The number of hydrogen-bond acceptors (Lipinski definition) is 2. The Hall–Kier alpha value is -0.890. The average Bonchev–Trinajstić information content (AvgIpc) is 3.15. The predicted octanol–water partition coefficient (Wildman–Crippen LogP) is 3.92. The van der Waals surface area contributed by atoms with E-state index in [1.165, 1.54) is 62.6 Å². The minimum absolute atomic E-state index is 0.628. The van der Waals surface area contributed by atoms with E-state index in [-0.39, 0.29) is 0 Å². The molecule has 2 nitrogen and oxygen atoms in total. The molecule has 0 radical (unpaired) electrons. The highest BCUT2D eigenvalue weighted by Crippen LogP contribution is 2.50. The largest absolute Gasteiger partial charge is 0.316 e. The first-order chi connectivity index (χ1) is 10.3. The Bertz CT molecular complexity index is 498. The lowest BCUT2D eigenvalue weighted by atomic mass is 9.76. The summed E-state index contributed by atoms with van der Waals surface area (Å²) in [6.45, 7) is 0. The molecule has 1 heterocycles. The number of likely N-dealkylation sites (N-methyl/N-ethyl adjacent to an activating group) is 1. The molecule has 0 saturated heterocycles. The number of hydrogen-bond donors (Lipinski definition) is 1. The molecular formula is C19H28N2. The number of aromatic nitrogens is 1. The summed E-state index contributed by atoms with van der Waals surface area (Å²) in [6.07, 6.45) is 13.3. The second-order valence-electron chi connectivity index (χ2n) is 7.61. The molecular weight excluding hydrogens is 256 g/mol. The summed E-state index contributed by atoms with van der Waals surface area (Å²) >= 11 is 0.